The number of nitriles is 1. The van der Waals surface area contributed by atoms with Crippen molar-refractivity contribution in [2.75, 3.05) is 13.1 Å². The van der Waals surface area contributed by atoms with Crippen LogP contribution >= 0.6 is 0 Å². The van der Waals surface area contributed by atoms with E-state index in [4.69, 9.17) is 10.00 Å². The summed E-state index contributed by atoms with van der Waals surface area (Å²) in [5, 5.41) is 11.9. The summed E-state index contributed by atoms with van der Waals surface area (Å²) in [5.41, 5.74) is 0.686. The lowest BCUT2D eigenvalue weighted by atomic mass is 10.0. The highest BCUT2D eigenvalue weighted by Gasteiger charge is 2.36. The van der Waals surface area contributed by atoms with E-state index in [0.717, 1.165) is 31.6 Å². The van der Waals surface area contributed by atoms with Gasteiger partial charge in [-0.2, -0.15) is 5.26 Å². The number of nitrogens with zero attached hydrogens (tertiary/aromatic N) is 3. The number of ether oxygens (including phenoxy) is 1. The average molecular weight is 316 g/mol. The van der Waals surface area contributed by atoms with Crippen LogP contribution in [0.5, 0.6) is 0 Å². The average Bonchev–Trinajstić information content (AvgIpc) is 2.77. The van der Waals surface area contributed by atoms with Crippen molar-refractivity contribution in [1.82, 2.24) is 15.2 Å². The second-order valence-electron chi connectivity index (χ2n) is 7.31. The molecule has 0 radical (unpaired) electrons. The number of pyridine rings is 1. The molecule has 0 aromatic carbocycles. The van der Waals surface area contributed by atoms with Gasteiger partial charge in [0.25, 0.3) is 0 Å². The molecule has 0 bridgehead atoms. The molecule has 1 aliphatic rings. The summed E-state index contributed by atoms with van der Waals surface area (Å²) in [6.07, 6.45) is 2.14. The van der Waals surface area contributed by atoms with Crippen LogP contribution in [-0.4, -0.2) is 40.2 Å². The van der Waals surface area contributed by atoms with Crippen LogP contribution < -0.4 is 5.32 Å². The molecule has 1 amide bonds. The van der Waals surface area contributed by atoms with Gasteiger partial charge in [-0.15, -0.1) is 0 Å². The van der Waals surface area contributed by atoms with Gasteiger partial charge in [0.15, 0.2) is 0 Å². The molecule has 6 nitrogen and oxygen atoms in total. The van der Waals surface area contributed by atoms with E-state index in [-0.39, 0.29) is 11.6 Å². The summed E-state index contributed by atoms with van der Waals surface area (Å²) in [6.45, 7) is 9.96. The lowest BCUT2D eigenvalue weighted by Gasteiger charge is -2.28. The second-order valence-corrected chi connectivity index (χ2v) is 7.31. The third-order valence-electron chi connectivity index (χ3n) is 3.70. The van der Waals surface area contributed by atoms with Gasteiger partial charge in [-0.1, -0.05) is 0 Å². The molecular formula is C17H24N4O2. The number of rotatable bonds is 3. The second kappa shape index (κ2) is 6.55. The fourth-order valence-corrected chi connectivity index (χ4v) is 2.74. The maximum absolute atomic E-state index is 12.0. The molecule has 23 heavy (non-hydrogen) atoms. The summed E-state index contributed by atoms with van der Waals surface area (Å²) < 4.78 is 5.34. The zero-order valence-corrected chi connectivity index (χ0v) is 14.2. The Morgan fingerprint density at radius 3 is 2.96 bits per heavy atom. The SMILES string of the molecule is CC(C)(C)OC(=O)N[C@]1(C)CCN(Cc2ccnc(C#N)c2)C1. The molecule has 0 saturated carbocycles. The maximum atomic E-state index is 12.0. The Bertz CT molecular complexity index is 618. The molecule has 2 heterocycles. The fourth-order valence-electron chi connectivity index (χ4n) is 2.74. The fraction of sp³-hybridized carbons (Fsp3) is 0.588. The highest BCUT2D eigenvalue weighted by Crippen LogP contribution is 2.23. The minimum absolute atomic E-state index is 0.298. The molecule has 1 N–H and O–H groups in total. The van der Waals surface area contributed by atoms with Crippen LogP contribution in [0, 0.1) is 11.3 Å². The van der Waals surface area contributed by atoms with Crippen molar-refractivity contribution in [3.63, 3.8) is 0 Å². The van der Waals surface area contributed by atoms with Gasteiger partial charge in [0.2, 0.25) is 0 Å². The number of aromatic nitrogens is 1. The van der Waals surface area contributed by atoms with Crippen LogP contribution in [0.25, 0.3) is 0 Å². The Kier molecular flexibility index (Phi) is 4.90. The summed E-state index contributed by atoms with van der Waals surface area (Å²) in [7, 11) is 0. The first-order valence-electron chi connectivity index (χ1n) is 7.78. The van der Waals surface area contributed by atoms with Gasteiger partial charge >= 0.3 is 6.09 Å². The van der Waals surface area contributed by atoms with Gasteiger partial charge in [-0.05, 0) is 51.8 Å². The number of hydrogen-bond donors (Lipinski definition) is 1. The summed E-state index contributed by atoms with van der Waals surface area (Å²) in [5.74, 6) is 0. The van der Waals surface area contributed by atoms with E-state index in [9.17, 15) is 4.79 Å². The number of carbonyl (C=O) groups excluding carboxylic acids is 1. The van der Waals surface area contributed by atoms with Crippen molar-refractivity contribution in [2.45, 2.75) is 51.8 Å². The van der Waals surface area contributed by atoms with Crippen molar-refractivity contribution in [3.05, 3.63) is 29.6 Å². The number of likely N-dealkylation sites (tertiary alicyclic amines) is 1. The highest BCUT2D eigenvalue weighted by molar-refractivity contribution is 5.68. The van der Waals surface area contributed by atoms with Crippen LogP contribution in [-0.2, 0) is 11.3 Å². The molecule has 124 valence electrons. The Balaban J connectivity index is 1.92. The van der Waals surface area contributed by atoms with Gasteiger partial charge in [-0.25, -0.2) is 9.78 Å². The monoisotopic (exact) mass is 316 g/mol. The van der Waals surface area contributed by atoms with Gasteiger partial charge in [0, 0.05) is 25.8 Å². The van der Waals surface area contributed by atoms with E-state index < -0.39 is 5.60 Å². The third-order valence-corrected chi connectivity index (χ3v) is 3.70. The molecule has 0 aliphatic carbocycles. The van der Waals surface area contributed by atoms with Crippen LogP contribution in [0.4, 0.5) is 4.79 Å². The van der Waals surface area contributed by atoms with Gasteiger partial charge in [-0.3, -0.25) is 4.90 Å². The normalized spacial score (nSPS) is 21.7. The van der Waals surface area contributed by atoms with Crippen molar-refractivity contribution in [3.8, 4) is 6.07 Å². The van der Waals surface area contributed by atoms with Crippen molar-refractivity contribution in [2.24, 2.45) is 0 Å². The standard InChI is InChI=1S/C17H24N4O2/c1-16(2,3)23-15(22)20-17(4)6-8-21(12-17)11-13-5-7-19-14(9-13)10-18/h5,7,9H,6,8,11-12H2,1-4H3,(H,20,22)/t17-/m1/s1. The Morgan fingerprint density at radius 1 is 1.57 bits per heavy atom. The molecule has 1 aromatic rings. The lowest BCUT2D eigenvalue weighted by Crippen LogP contribution is -2.49. The first-order valence-corrected chi connectivity index (χ1v) is 7.78. The van der Waals surface area contributed by atoms with Crippen molar-refractivity contribution in [1.29, 1.82) is 5.26 Å². The van der Waals surface area contributed by atoms with Gasteiger partial charge in [0.1, 0.15) is 17.4 Å². The highest BCUT2D eigenvalue weighted by atomic mass is 16.6. The number of amides is 1. The van der Waals surface area contributed by atoms with Crippen molar-refractivity contribution >= 4 is 6.09 Å². The molecule has 0 unspecified atom stereocenters. The molecule has 1 aromatic heterocycles. The Hall–Kier alpha value is -2.13. The molecule has 1 aliphatic heterocycles. The molecule has 1 atom stereocenters. The molecule has 1 saturated heterocycles. The summed E-state index contributed by atoms with van der Waals surface area (Å²) in [6, 6.07) is 5.77. The third kappa shape index (κ3) is 5.22. The predicted molar refractivity (Wildman–Crippen MR) is 86.6 cm³/mol. The predicted octanol–water partition coefficient (Wildman–Crippen LogP) is 2.44. The van der Waals surface area contributed by atoms with Gasteiger partial charge < -0.3 is 10.1 Å². The minimum Gasteiger partial charge on any atom is -0.444 e. The summed E-state index contributed by atoms with van der Waals surface area (Å²) >= 11 is 0. The molecule has 6 heteroatoms. The number of carbonyl (C=O) groups is 1. The van der Waals surface area contributed by atoms with Crippen LogP contribution in [0.3, 0.4) is 0 Å². The van der Waals surface area contributed by atoms with Crippen molar-refractivity contribution < 1.29 is 9.53 Å². The topological polar surface area (TPSA) is 78.2 Å². The maximum Gasteiger partial charge on any atom is 0.408 e. The zero-order chi connectivity index (χ0) is 17.1. The number of alkyl carbamates (subject to hydrolysis) is 1. The first kappa shape index (κ1) is 17.2. The molecule has 2 rings (SSSR count). The van der Waals surface area contributed by atoms with E-state index in [1.807, 2.05) is 33.8 Å². The molecule has 0 spiro atoms. The van der Waals surface area contributed by atoms with Crippen LogP contribution in [0.2, 0.25) is 0 Å². The van der Waals surface area contributed by atoms with E-state index >= 15 is 0 Å². The smallest absolute Gasteiger partial charge is 0.408 e. The quantitative estimate of drug-likeness (QED) is 0.926. The van der Waals surface area contributed by atoms with E-state index in [0.29, 0.717) is 5.69 Å². The van der Waals surface area contributed by atoms with Crippen LogP contribution in [0.15, 0.2) is 18.3 Å². The number of hydrogen-bond acceptors (Lipinski definition) is 5. The van der Waals surface area contributed by atoms with E-state index in [2.05, 4.69) is 21.3 Å². The summed E-state index contributed by atoms with van der Waals surface area (Å²) in [4.78, 5) is 18.2. The Morgan fingerprint density at radius 2 is 2.30 bits per heavy atom. The van der Waals surface area contributed by atoms with Gasteiger partial charge in [0.05, 0.1) is 5.54 Å². The number of nitrogens with one attached hydrogen (secondary N) is 1. The first-order chi connectivity index (χ1) is 10.7. The Labute approximate surface area is 137 Å². The largest absolute Gasteiger partial charge is 0.444 e. The molecule has 1 fully saturated rings. The lowest BCUT2D eigenvalue weighted by molar-refractivity contribution is 0.0467. The molecular weight excluding hydrogens is 292 g/mol. The van der Waals surface area contributed by atoms with E-state index in [1.165, 1.54) is 0 Å². The minimum atomic E-state index is -0.497. The zero-order valence-electron chi connectivity index (χ0n) is 14.2. The van der Waals surface area contributed by atoms with Crippen LogP contribution in [0.1, 0.15) is 45.4 Å². The van der Waals surface area contributed by atoms with E-state index in [1.54, 1.807) is 12.3 Å².